The second-order valence-corrected chi connectivity index (χ2v) is 17.4. The molecule has 3 atom stereocenters. The molecule has 8 nitrogen and oxygen atoms in total. The molecule has 324 valence electrons. The van der Waals surface area contributed by atoms with Gasteiger partial charge in [-0.05, 0) is 70.6 Å². The van der Waals surface area contributed by atoms with Gasteiger partial charge in [0.05, 0.1) is 39.9 Å². The lowest BCUT2D eigenvalue weighted by Gasteiger charge is -2.29. The van der Waals surface area contributed by atoms with E-state index in [9.17, 15) is 19.4 Å². The van der Waals surface area contributed by atoms with Crippen LogP contribution in [-0.4, -0.2) is 68.5 Å². The number of amides is 1. The van der Waals surface area contributed by atoms with E-state index < -0.39 is 26.6 Å². The largest absolute Gasteiger partial charge is 0.756 e. The Bertz CT molecular complexity index is 1140. The van der Waals surface area contributed by atoms with E-state index in [0.29, 0.717) is 17.4 Å². The van der Waals surface area contributed by atoms with Crippen molar-refractivity contribution in [2.24, 2.45) is 0 Å². The SMILES string of the molecule is CC/C=C\C/C=C\C/C=C\C/C=C\CCCCCCCCCCCCCCC(=O)NC(COP(=O)([O-])OCC[N+](C)(C)C)C(O)/C=C/CC/C=C/CCCCC. The Morgan fingerprint density at radius 3 is 1.66 bits per heavy atom. The van der Waals surface area contributed by atoms with E-state index in [1.54, 1.807) is 6.08 Å². The molecule has 0 saturated carbocycles. The van der Waals surface area contributed by atoms with Crippen LogP contribution < -0.4 is 10.2 Å². The zero-order valence-corrected chi connectivity index (χ0v) is 37.5. The molecule has 0 aromatic carbocycles. The summed E-state index contributed by atoms with van der Waals surface area (Å²) in [5, 5.41) is 13.7. The highest BCUT2D eigenvalue weighted by Gasteiger charge is 2.23. The molecule has 0 aromatic heterocycles. The van der Waals surface area contributed by atoms with E-state index in [4.69, 9.17) is 9.05 Å². The summed E-state index contributed by atoms with van der Waals surface area (Å²) in [5.41, 5.74) is 0. The number of quaternary nitrogens is 1. The number of allylic oxidation sites excluding steroid dienone is 11. The maximum absolute atomic E-state index is 12.8. The number of hydrogen-bond donors (Lipinski definition) is 2. The molecule has 0 saturated heterocycles. The summed E-state index contributed by atoms with van der Waals surface area (Å²) in [5.74, 6) is -0.216. The monoisotopic (exact) mass is 805 g/mol. The van der Waals surface area contributed by atoms with Crippen LogP contribution in [0.15, 0.2) is 72.9 Å². The first-order chi connectivity index (χ1) is 27.0. The third-order valence-electron chi connectivity index (χ3n) is 9.40. The van der Waals surface area contributed by atoms with E-state index in [-0.39, 0.29) is 12.5 Å². The van der Waals surface area contributed by atoms with Crippen molar-refractivity contribution in [2.45, 2.75) is 180 Å². The van der Waals surface area contributed by atoms with E-state index in [0.717, 1.165) is 64.2 Å². The molecule has 0 aromatic rings. The highest BCUT2D eigenvalue weighted by Crippen LogP contribution is 2.38. The Hall–Kier alpha value is -2.06. The quantitative estimate of drug-likeness (QED) is 0.0277. The highest BCUT2D eigenvalue weighted by molar-refractivity contribution is 7.45. The van der Waals surface area contributed by atoms with E-state index in [2.05, 4.69) is 79.9 Å². The molecular formula is C47H85N2O6P. The van der Waals surface area contributed by atoms with Crippen molar-refractivity contribution in [3.63, 3.8) is 0 Å². The van der Waals surface area contributed by atoms with Gasteiger partial charge in [0, 0.05) is 6.42 Å². The third-order valence-corrected chi connectivity index (χ3v) is 10.4. The van der Waals surface area contributed by atoms with E-state index >= 15 is 0 Å². The molecule has 0 aliphatic rings. The average Bonchev–Trinajstić information content (AvgIpc) is 3.15. The number of carbonyl (C=O) groups is 1. The van der Waals surface area contributed by atoms with Gasteiger partial charge in [-0.15, -0.1) is 0 Å². The van der Waals surface area contributed by atoms with Crippen molar-refractivity contribution in [2.75, 3.05) is 40.9 Å². The Morgan fingerprint density at radius 2 is 1.11 bits per heavy atom. The molecule has 0 radical (unpaired) electrons. The maximum atomic E-state index is 12.8. The predicted octanol–water partition coefficient (Wildman–Crippen LogP) is 11.8. The third kappa shape index (κ3) is 40.1. The van der Waals surface area contributed by atoms with Gasteiger partial charge in [0.25, 0.3) is 7.82 Å². The van der Waals surface area contributed by atoms with Crippen LogP contribution in [0, 0.1) is 0 Å². The van der Waals surface area contributed by atoms with Crippen LogP contribution in [0.3, 0.4) is 0 Å². The van der Waals surface area contributed by atoms with Gasteiger partial charge < -0.3 is 28.8 Å². The molecule has 9 heteroatoms. The minimum atomic E-state index is -4.59. The van der Waals surface area contributed by atoms with Gasteiger partial charge in [-0.2, -0.15) is 0 Å². The standard InChI is InChI=1S/C47H85N2O6P/c1-6-8-10-12-14-16-17-18-19-20-21-22-23-24-25-26-27-28-29-30-31-33-35-37-39-41-47(51)48-45(44-55-56(52,53)54-43-42-49(3,4)5)46(50)40-38-36-34-32-15-13-11-9-7-2/h8,10,14-16,18-19,21-22,32,38,40,45-46,50H,6-7,9,11-13,17,20,23-31,33-37,39,41-44H2,1-5H3,(H-,48,51,52,53)/b10-8-,16-14-,19-18-,22-21-,32-15+,40-38+. The van der Waals surface area contributed by atoms with Crippen LogP contribution in [0.2, 0.25) is 0 Å². The molecule has 2 N–H and O–H groups in total. The van der Waals surface area contributed by atoms with Gasteiger partial charge in [-0.25, -0.2) is 0 Å². The Labute approximate surface area is 344 Å². The first-order valence-electron chi connectivity index (χ1n) is 22.3. The fourth-order valence-electron chi connectivity index (χ4n) is 5.86. The van der Waals surface area contributed by atoms with Crippen molar-refractivity contribution in [1.82, 2.24) is 5.32 Å². The van der Waals surface area contributed by atoms with E-state index in [1.165, 1.54) is 83.5 Å². The van der Waals surface area contributed by atoms with Crippen LogP contribution in [-0.2, 0) is 18.4 Å². The van der Waals surface area contributed by atoms with Gasteiger partial charge >= 0.3 is 0 Å². The number of phosphoric acid groups is 1. The zero-order chi connectivity index (χ0) is 41.4. The van der Waals surface area contributed by atoms with Gasteiger partial charge in [0.1, 0.15) is 13.2 Å². The first-order valence-corrected chi connectivity index (χ1v) is 23.8. The summed E-state index contributed by atoms with van der Waals surface area (Å²) in [6, 6.07) is -0.905. The van der Waals surface area contributed by atoms with Crippen LogP contribution in [0.4, 0.5) is 0 Å². The summed E-state index contributed by atoms with van der Waals surface area (Å²) in [4.78, 5) is 25.2. The molecule has 0 heterocycles. The Kier molecular flexibility index (Phi) is 37.0. The first kappa shape index (κ1) is 53.9. The van der Waals surface area contributed by atoms with Crippen LogP contribution >= 0.6 is 7.82 Å². The van der Waals surface area contributed by atoms with Gasteiger partial charge in [-0.3, -0.25) is 9.36 Å². The number of rotatable bonds is 39. The maximum Gasteiger partial charge on any atom is 0.268 e. The number of carbonyl (C=O) groups excluding carboxylic acids is 1. The molecule has 0 fully saturated rings. The summed E-state index contributed by atoms with van der Waals surface area (Å²) in [6.07, 6.45) is 51.1. The lowest BCUT2D eigenvalue weighted by molar-refractivity contribution is -0.870. The van der Waals surface area contributed by atoms with Crippen LogP contribution in [0.25, 0.3) is 0 Å². The summed E-state index contributed by atoms with van der Waals surface area (Å²) < 4.78 is 23.1. The van der Waals surface area contributed by atoms with Crippen LogP contribution in [0.5, 0.6) is 0 Å². The number of likely N-dealkylation sites (N-methyl/N-ethyl adjacent to an activating group) is 1. The number of unbranched alkanes of at least 4 members (excludes halogenated alkanes) is 16. The number of aliphatic hydroxyl groups is 1. The summed E-state index contributed by atoms with van der Waals surface area (Å²) >= 11 is 0. The molecule has 0 rings (SSSR count). The van der Waals surface area contributed by atoms with E-state index in [1.807, 2.05) is 27.2 Å². The topological polar surface area (TPSA) is 108 Å². The molecular weight excluding hydrogens is 719 g/mol. The van der Waals surface area contributed by atoms with Crippen LogP contribution in [0.1, 0.15) is 168 Å². The van der Waals surface area contributed by atoms with Crippen molar-refractivity contribution >= 4 is 13.7 Å². The molecule has 56 heavy (non-hydrogen) atoms. The Morgan fingerprint density at radius 1 is 0.643 bits per heavy atom. The molecule has 1 amide bonds. The zero-order valence-electron chi connectivity index (χ0n) is 36.6. The smallest absolute Gasteiger partial charge is 0.268 e. The summed E-state index contributed by atoms with van der Waals surface area (Å²) in [7, 11) is 1.23. The van der Waals surface area contributed by atoms with Gasteiger partial charge in [0.2, 0.25) is 5.91 Å². The number of nitrogens with zero attached hydrogens (tertiary/aromatic N) is 1. The number of aliphatic hydroxyl groups excluding tert-OH is 1. The molecule has 0 aliphatic carbocycles. The molecule has 0 bridgehead atoms. The van der Waals surface area contributed by atoms with Crippen molar-refractivity contribution < 1.29 is 32.9 Å². The van der Waals surface area contributed by atoms with Gasteiger partial charge in [0.15, 0.2) is 0 Å². The number of nitrogens with one attached hydrogen (secondary N) is 1. The molecule has 0 spiro atoms. The fraction of sp³-hybridized carbons (Fsp3) is 0.723. The highest BCUT2D eigenvalue weighted by atomic mass is 31.2. The minimum Gasteiger partial charge on any atom is -0.756 e. The normalized spacial score (nSPS) is 15.1. The second-order valence-electron chi connectivity index (χ2n) is 16.0. The minimum absolute atomic E-state index is 0.00999. The van der Waals surface area contributed by atoms with Crippen molar-refractivity contribution in [1.29, 1.82) is 0 Å². The number of phosphoric ester groups is 1. The average molecular weight is 805 g/mol. The second kappa shape index (κ2) is 38.5. The van der Waals surface area contributed by atoms with Gasteiger partial charge in [-0.1, -0.05) is 164 Å². The van der Waals surface area contributed by atoms with Crippen molar-refractivity contribution in [3.05, 3.63) is 72.9 Å². The molecule has 0 aliphatic heterocycles. The predicted molar refractivity (Wildman–Crippen MR) is 237 cm³/mol. The number of hydrogen-bond acceptors (Lipinski definition) is 6. The Balaban J connectivity index is 4.22. The summed E-state index contributed by atoms with van der Waals surface area (Å²) in [6.45, 7) is 4.43. The fourth-order valence-corrected chi connectivity index (χ4v) is 6.59. The lowest BCUT2D eigenvalue weighted by atomic mass is 10.0. The van der Waals surface area contributed by atoms with Crippen molar-refractivity contribution in [3.8, 4) is 0 Å². The molecule has 3 unspecified atom stereocenters. The lowest BCUT2D eigenvalue weighted by Crippen LogP contribution is -2.45.